The Morgan fingerprint density at radius 1 is 0.794 bits per heavy atom. The highest BCUT2D eigenvalue weighted by molar-refractivity contribution is 6.99. The average Bonchev–Trinajstić information content (AvgIpc) is 3.62. The molecule has 5 rings (SSSR count). The van der Waals surface area contributed by atoms with Crippen LogP contribution in [0.15, 0.2) is 121 Å². The van der Waals surface area contributed by atoms with Gasteiger partial charge >= 0.3 is 11.9 Å². The highest BCUT2D eigenvalue weighted by Gasteiger charge is 2.52. The second kappa shape index (κ2) is 24.6. The third-order valence-electron chi connectivity index (χ3n) is 11.5. The van der Waals surface area contributed by atoms with Gasteiger partial charge in [0.2, 0.25) is 0 Å². The van der Waals surface area contributed by atoms with E-state index in [1.807, 2.05) is 57.2 Å². The zero-order valence-electron chi connectivity index (χ0n) is 41.9. The van der Waals surface area contributed by atoms with Crippen LogP contribution in [0.1, 0.15) is 74.2 Å². The first-order chi connectivity index (χ1) is 32.3. The fraction of sp³-hybridized carbons (Fsp3) is 0.444. The number of ether oxygens (including phenoxy) is 9. The number of methoxy groups -OCH3 is 3. The molecule has 14 heteroatoms. The minimum Gasteiger partial charge on any atom is -0.497 e. The summed E-state index contributed by atoms with van der Waals surface area (Å²) in [5.41, 5.74) is 1.14. The zero-order valence-corrected chi connectivity index (χ0v) is 43.9. The molecule has 1 aliphatic heterocycles. The molecule has 0 amide bonds. The summed E-state index contributed by atoms with van der Waals surface area (Å²) in [6.45, 7) is 19.2. The van der Waals surface area contributed by atoms with Gasteiger partial charge in [-0.1, -0.05) is 138 Å². The van der Waals surface area contributed by atoms with E-state index >= 15 is 0 Å². The Hall–Kier alpha value is -4.91. The summed E-state index contributed by atoms with van der Waals surface area (Å²) >= 11 is 0. The van der Waals surface area contributed by atoms with E-state index in [0.29, 0.717) is 23.3 Å². The maximum absolute atomic E-state index is 13.9. The van der Waals surface area contributed by atoms with Gasteiger partial charge in [0.15, 0.2) is 12.6 Å². The van der Waals surface area contributed by atoms with Gasteiger partial charge in [-0.2, -0.15) is 0 Å². The lowest BCUT2D eigenvalue weighted by molar-refractivity contribution is -0.152. The van der Waals surface area contributed by atoms with Crippen LogP contribution in [0.4, 0.5) is 0 Å². The average molecular weight is 969 g/mol. The summed E-state index contributed by atoms with van der Waals surface area (Å²) in [5.74, 6) is -1.37. The lowest BCUT2D eigenvalue weighted by Crippen LogP contribution is -2.68. The van der Waals surface area contributed by atoms with Gasteiger partial charge in [0.05, 0.1) is 31.5 Å². The Labute approximate surface area is 406 Å². The standard InChI is InChI=1S/C54H72O12Si2/c1-39(66-68(53(2,3)4,43-26-18-14-19-27-43)44-28-20-15-21-29-44)45(61-37-57-7)31-32-46(63-51(55)40-23-16-13-17-24-40)50-47(64-54(5,6)65-50)30-22-25-41-35-42(59-9)36-48(62-38-58-8)49(41)52(56)60-33-34-67(10,11)12/h13-29,31-32,35-36,39,45-47,50H,30,33-34,37-38H2,1-12H3/t39-,45+,46?,47-,50+/m0/s1. The molecule has 1 fully saturated rings. The minimum absolute atomic E-state index is 0.0161. The van der Waals surface area contributed by atoms with Crippen LogP contribution < -0.4 is 19.8 Å². The van der Waals surface area contributed by atoms with Crippen molar-refractivity contribution in [2.75, 3.05) is 41.5 Å². The number of esters is 2. The van der Waals surface area contributed by atoms with Crippen LogP contribution in [-0.2, 0) is 37.6 Å². The van der Waals surface area contributed by atoms with Gasteiger partial charge in [0.25, 0.3) is 8.32 Å². The van der Waals surface area contributed by atoms with Gasteiger partial charge in [-0.3, -0.25) is 0 Å². The molecule has 0 N–H and O–H groups in total. The summed E-state index contributed by atoms with van der Waals surface area (Å²) in [4.78, 5) is 27.7. The molecule has 1 unspecified atom stereocenters. The van der Waals surface area contributed by atoms with Crippen molar-refractivity contribution in [2.45, 2.75) is 115 Å². The summed E-state index contributed by atoms with van der Waals surface area (Å²) in [6.07, 6.45) is 4.13. The second-order valence-electron chi connectivity index (χ2n) is 19.5. The largest absolute Gasteiger partial charge is 0.497 e. The fourth-order valence-electron chi connectivity index (χ4n) is 8.22. The highest BCUT2D eigenvalue weighted by atomic mass is 28.4. The number of carbonyl (C=O) groups excluding carboxylic acids is 2. The Morgan fingerprint density at radius 2 is 1.40 bits per heavy atom. The molecular formula is C54H72O12Si2. The Bertz CT molecular complexity index is 2220. The monoisotopic (exact) mass is 968 g/mol. The first-order valence-corrected chi connectivity index (χ1v) is 28.8. The van der Waals surface area contributed by atoms with Gasteiger partial charge in [0.1, 0.15) is 42.2 Å². The Balaban J connectivity index is 1.53. The van der Waals surface area contributed by atoms with Crippen molar-refractivity contribution in [3.05, 3.63) is 138 Å². The van der Waals surface area contributed by atoms with Gasteiger partial charge < -0.3 is 47.1 Å². The maximum atomic E-state index is 13.9. The Morgan fingerprint density at radius 3 is 1.96 bits per heavy atom. The predicted octanol–water partition coefficient (Wildman–Crippen LogP) is 9.83. The number of rotatable bonds is 24. The van der Waals surface area contributed by atoms with Gasteiger partial charge in [-0.25, -0.2) is 9.59 Å². The number of hydrogen-bond acceptors (Lipinski definition) is 12. The first-order valence-electron chi connectivity index (χ1n) is 23.2. The van der Waals surface area contributed by atoms with Crippen molar-refractivity contribution in [3.8, 4) is 11.5 Å². The summed E-state index contributed by atoms with van der Waals surface area (Å²) < 4.78 is 61.4. The van der Waals surface area contributed by atoms with Crippen molar-refractivity contribution < 1.29 is 56.6 Å². The number of carbonyl (C=O) groups is 2. The van der Waals surface area contributed by atoms with E-state index in [1.54, 1.807) is 56.7 Å². The van der Waals surface area contributed by atoms with Crippen LogP contribution in [0.25, 0.3) is 6.08 Å². The SMILES string of the molecule is COCOc1cc(OC)cc(C=CC[C@@H]2OC(C)(C)O[C@@H]2C(C=C[C@@H](OCOC)[C@H](C)O[Si](c2ccccc2)(c2ccccc2)C(C)(C)C)OC(=O)c2ccccc2)c1C(=O)OCC[Si](C)(C)C. The number of benzene rings is 4. The second-order valence-corrected chi connectivity index (χ2v) is 29.4. The molecule has 0 aliphatic carbocycles. The van der Waals surface area contributed by atoms with Crippen molar-refractivity contribution >= 4 is 44.8 Å². The smallest absolute Gasteiger partial charge is 0.342 e. The quantitative estimate of drug-likeness (QED) is 0.0287. The maximum Gasteiger partial charge on any atom is 0.342 e. The molecule has 0 aromatic heterocycles. The topological polar surface area (TPSA) is 126 Å². The Kier molecular flexibility index (Phi) is 19.5. The fourth-order valence-corrected chi connectivity index (χ4v) is 13.6. The highest BCUT2D eigenvalue weighted by Crippen LogP contribution is 2.39. The molecule has 0 bridgehead atoms. The van der Waals surface area contributed by atoms with Crippen LogP contribution in [0.5, 0.6) is 11.5 Å². The van der Waals surface area contributed by atoms with E-state index in [-0.39, 0.29) is 36.5 Å². The predicted molar refractivity (Wildman–Crippen MR) is 271 cm³/mol. The molecule has 4 aromatic rings. The molecule has 12 nitrogen and oxygen atoms in total. The molecule has 1 aliphatic rings. The third-order valence-corrected chi connectivity index (χ3v) is 18.4. The van der Waals surface area contributed by atoms with E-state index in [0.717, 1.165) is 16.4 Å². The minimum atomic E-state index is -3.02. The molecule has 0 spiro atoms. The lowest BCUT2D eigenvalue weighted by atomic mass is 10.0. The van der Waals surface area contributed by atoms with E-state index in [1.165, 1.54) is 7.11 Å². The van der Waals surface area contributed by atoms with E-state index in [2.05, 4.69) is 88.9 Å². The van der Waals surface area contributed by atoms with Crippen LogP contribution in [-0.4, -0.2) is 106 Å². The summed E-state index contributed by atoms with van der Waals surface area (Å²) in [6, 6.07) is 33.8. The molecule has 0 saturated carbocycles. The van der Waals surface area contributed by atoms with Gasteiger partial charge in [-0.15, -0.1) is 0 Å². The molecule has 5 atom stereocenters. The van der Waals surface area contributed by atoms with Crippen LogP contribution in [0.3, 0.4) is 0 Å². The molecular weight excluding hydrogens is 897 g/mol. The van der Waals surface area contributed by atoms with Crippen LogP contribution >= 0.6 is 0 Å². The van der Waals surface area contributed by atoms with Crippen LogP contribution in [0.2, 0.25) is 30.7 Å². The van der Waals surface area contributed by atoms with E-state index in [9.17, 15) is 9.59 Å². The van der Waals surface area contributed by atoms with Crippen molar-refractivity contribution in [1.82, 2.24) is 0 Å². The van der Waals surface area contributed by atoms with Crippen molar-refractivity contribution in [2.24, 2.45) is 0 Å². The first kappa shape index (κ1) is 54.0. The molecule has 4 aromatic carbocycles. The van der Waals surface area contributed by atoms with E-state index < -0.39 is 64.6 Å². The van der Waals surface area contributed by atoms with Gasteiger partial charge in [-0.05, 0) is 78.5 Å². The third kappa shape index (κ3) is 14.6. The van der Waals surface area contributed by atoms with Gasteiger partial charge in [0, 0.05) is 28.4 Å². The van der Waals surface area contributed by atoms with Crippen molar-refractivity contribution in [3.63, 3.8) is 0 Å². The molecule has 368 valence electrons. The van der Waals surface area contributed by atoms with E-state index in [4.69, 9.17) is 47.1 Å². The molecule has 68 heavy (non-hydrogen) atoms. The van der Waals surface area contributed by atoms with Crippen LogP contribution in [0, 0.1) is 0 Å². The normalized spacial score (nSPS) is 17.8. The van der Waals surface area contributed by atoms with Crippen molar-refractivity contribution in [1.29, 1.82) is 0 Å². The summed E-state index contributed by atoms with van der Waals surface area (Å²) in [5, 5.41) is 1.96. The molecule has 1 heterocycles. The molecule has 0 radical (unpaired) electrons. The summed E-state index contributed by atoms with van der Waals surface area (Å²) in [7, 11) is 0.108. The number of hydrogen-bond donors (Lipinski definition) is 0. The lowest BCUT2D eigenvalue weighted by Gasteiger charge is -2.45. The zero-order chi connectivity index (χ0) is 49.5. The molecule has 1 saturated heterocycles.